The van der Waals surface area contributed by atoms with Crippen LogP contribution in [0.1, 0.15) is 11.3 Å². The van der Waals surface area contributed by atoms with Crippen molar-refractivity contribution < 1.29 is 13.9 Å². The molecule has 0 saturated carbocycles. The molecular formula is C15H15FN2O2. The van der Waals surface area contributed by atoms with Crippen LogP contribution in [-0.2, 0) is 17.8 Å². The minimum absolute atomic E-state index is 0.0850. The Morgan fingerprint density at radius 2 is 2.05 bits per heavy atom. The fourth-order valence-electron chi connectivity index (χ4n) is 1.72. The second kappa shape index (κ2) is 6.65. The van der Waals surface area contributed by atoms with Gasteiger partial charge in [0.1, 0.15) is 11.6 Å². The molecule has 0 unspecified atom stereocenters. The molecule has 0 radical (unpaired) electrons. The van der Waals surface area contributed by atoms with Crippen molar-refractivity contribution in [2.75, 3.05) is 7.11 Å². The summed E-state index contributed by atoms with van der Waals surface area (Å²) in [5.41, 5.74) is 1.10. The number of rotatable bonds is 5. The van der Waals surface area contributed by atoms with Crippen LogP contribution in [0, 0.1) is 5.82 Å². The highest BCUT2D eigenvalue weighted by Crippen LogP contribution is 2.11. The molecule has 20 heavy (non-hydrogen) atoms. The molecule has 104 valence electrons. The molecule has 0 saturated heterocycles. The van der Waals surface area contributed by atoms with Crippen molar-refractivity contribution in [1.82, 2.24) is 10.3 Å². The van der Waals surface area contributed by atoms with E-state index in [1.54, 1.807) is 19.2 Å². The van der Waals surface area contributed by atoms with Crippen LogP contribution < -0.4 is 10.1 Å². The minimum Gasteiger partial charge on any atom is -0.497 e. The van der Waals surface area contributed by atoms with E-state index in [1.165, 1.54) is 18.3 Å². The SMILES string of the molecule is COc1ccc(CC(=O)NCc2ncccc2F)cc1. The fourth-order valence-corrected chi connectivity index (χ4v) is 1.72. The monoisotopic (exact) mass is 274 g/mol. The smallest absolute Gasteiger partial charge is 0.224 e. The van der Waals surface area contributed by atoms with Crippen LogP contribution in [0.15, 0.2) is 42.6 Å². The van der Waals surface area contributed by atoms with E-state index in [4.69, 9.17) is 4.74 Å². The molecule has 1 aromatic carbocycles. The molecule has 0 spiro atoms. The molecule has 2 rings (SSSR count). The minimum atomic E-state index is -0.419. The van der Waals surface area contributed by atoms with Gasteiger partial charge in [0.2, 0.25) is 5.91 Å². The predicted molar refractivity (Wildman–Crippen MR) is 72.7 cm³/mol. The first-order valence-electron chi connectivity index (χ1n) is 6.18. The van der Waals surface area contributed by atoms with Gasteiger partial charge in [-0.1, -0.05) is 12.1 Å². The molecule has 0 aliphatic rings. The molecule has 1 amide bonds. The summed E-state index contributed by atoms with van der Waals surface area (Å²) in [6.45, 7) is 0.0850. The molecule has 5 heteroatoms. The van der Waals surface area contributed by atoms with Gasteiger partial charge in [-0.3, -0.25) is 9.78 Å². The molecule has 0 aliphatic carbocycles. The van der Waals surface area contributed by atoms with Gasteiger partial charge in [-0.15, -0.1) is 0 Å². The Bertz CT molecular complexity index is 585. The first-order chi connectivity index (χ1) is 9.69. The van der Waals surface area contributed by atoms with Gasteiger partial charge in [0.15, 0.2) is 0 Å². The Kier molecular flexibility index (Phi) is 4.65. The normalized spacial score (nSPS) is 10.1. The van der Waals surface area contributed by atoms with E-state index in [1.807, 2.05) is 12.1 Å². The number of nitrogens with zero attached hydrogens (tertiary/aromatic N) is 1. The summed E-state index contributed by atoms with van der Waals surface area (Å²) in [5.74, 6) is 0.141. The zero-order chi connectivity index (χ0) is 14.4. The van der Waals surface area contributed by atoms with E-state index in [0.717, 1.165) is 11.3 Å². The molecule has 2 aromatic rings. The van der Waals surface area contributed by atoms with E-state index < -0.39 is 5.82 Å². The quantitative estimate of drug-likeness (QED) is 0.908. The number of hydrogen-bond donors (Lipinski definition) is 1. The van der Waals surface area contributed by atoms with Crippen molar-refractivity contribution in [2.45, 2.75) is 13.0 Å². The summed E-state index contributed by atoms with van der Waals surface area (Å²) in [6, 6.07) is 10.1. The number of benzene rings is 1. The third-order valence-corrected chi connectivity index (χ3v) is 2.81. The Labute approximate surface area is 116 Å². The van der Waals surface area contributed by atoms with Crippen LogP contribution in [0.3, 0.4) is 0 Å². The number of hydrogen-bond acceptors (Lipinski definition) is 3. The van der Waals surface area contributed by atoms with Crippen molar-refractivity contribution in [3.05, 3.63) is 59.7 Å². The number of carbonyl (C=O) groups is 1. The van der Waals surface area contributed by atoms with Crippen LogP contribution in [0.2, 0.25) is 0 Å². The first kappa shape index (κ1) is 14.0. The van der Waals surface area contributed by atoms with Gasteiger partial charge in [-0.2, -0.15) is 0 Å². The highest BCUT2D eigenvalue weighted by molar-refractivity contribution is 5.78. The van der Waals surface area contributed by atoms with E-state index in [9.17, 15) is 9.18 Å². The lowest BCUT2D eigenvalue weighted by molar-refractivity contribution is -0.120. The van der Waals surface area contributed by atoms with Crippen molar-refractivity contribution in [3.63, 3.8) is 0 Å². The van der Waals surface area contributed by atoms with Crippen LogP contribution in [-0.4, -0.2) is 18.0 Å². The second-order valence-corrected chi connectivity index (χ2v) is 4.23. The average Bonchev–Trinajstić information content (AvgIpc) is 2.47. The standard InChI is InChI=1S/C15H15FN2O2/c1-20-12-6-4-11(5-7-12)9-15(19)18-10-14-13(16)3-2-8-17-14/h2-8H,9-10H2,1H3,(H,18,19). The van der Waals surface area contributed by atoms with Crippen LogP contribution in [0.5, 0.6) is 5.75 Å². The van der Waals surface area contributed by atoms with Crippen LogP contribution in [0.25, 0.3) is 0 Å². The summed E-state index contributed by atoms with van der Waals surface area (Å²) >= 11 is 0. The molecule has 0 aliphatic heterocycles. The summed E-state index contributed by atoms with van der Waals surface area (Å²) in [5, 5.41) is 2.64. The van der Waals surface area contributed by atoms with Gasteiger partial charge < -0.3 is 10.1 Å². The topological polar surface area (TPSA) is 51.2 Å². The number of halogens is 1. The number of aromatic nitrogens is 1. The summed E-state index contributed by atoms with van der Waals surface area (Å²) < 4.78 is 18.4. The lowest BCUT2D eigenvalue weighted by Gasteiger charge is -2.06. The lowest BCUT2D eigenvalue weighted by atomic mass is 10.1. The number of pyridine rings is 1. The van der Waals surface area contributed by atoms with Gasteiger partial charge in [0.05, 0.1) is 25.8 Å². The van der Waals surface area contributed by atoms with Crippen molar-refractivity contribution >= 4 is 5.91 Å². The zero-order valence-corrected chi connectivity index (χ0v) is 11.1. The van der Waals surface area contributed by atoms with E-state index >= 15 is 0 Å². The van der Waals surface area contributed by atoms with E-state index in [-0.39, 0.29) is 24.6 Å². The largest absolute Gasteiger partial charge is 0.497 e. The average molecular weight is 274 g/mol. The second-order valence-electron chi connectivity index (χ2n) is 4.23. The maximum Gasteiger partial charge on any atom is 0.224 e. The highest BCUT2D eigenvalue weighted by Gasteiger charge is 2.06. The third kappa shape index (κ3) is 3.78. The Hall–Kier alpha value is -2.43. The predicted octanol–water partition coefficient (Wildman–Crippen LogP) is 2.09. The van der Waals surface area contributed by atoms with Gasteiger partial charge in [0.25, 0.3) is 0 Å². The van der Waals surface area contributed by atoms with Crippen LogP contribution >= 0.6 is 0 Å². The zero-order valence-electron chi connectivity index (χ0n) is 11.1. The number of ether oxygens (including phenoxy) is 1. The molecule has 0 bridgehead atoms. The Morgan fingerprint density at radius 1 is 1.30 bits per heavy atom. The maximum absolute atomic E-state index is 13.3. The Morgan fingerprint density at radius 3 is 2.70 bits per heavy atom. The van der Waals surface area contributed by atoms with Gasteiger partial charge >= 0.3 is 0 Å². The molecule has 0 fully saturated rings. The van der Waals surface area contributed by atoms with Crippen LogP contribution in [0.4, 0.5) is 4.39 Å². The molecule has 0 atom stereocenters. The van der Waals surface area contributed by atoms with E-state index in [0.29, 0.717) is 0 Å². The number of methoxy groups -OCH3 is 1. The molecule has 1 N–H and O–H groups in total. The highest BCUT2D eigenvalue weighted by atomic mass is 19.1. The summed E-state index contributed by atoms with van der Waals surface area (Å²) in [7, 11) is 1.59. The molecule has 1 aromatic heterocycles. The van der Waals surface area contributed by atoms with Gasteiger partial charge in [-0.25, -0.2) is 4.39 Å². The fraction of sp³-hybridized carbons (Fsp3) is 0.200. The van der Waals surface area contributed by atoms with Crippen molar-refractivity contribution in [3.8, 4) is 5.75 Å². The van der Waals surface area contributed by atoms with E-state index in [2.05, 4.69) is 10.3 Å². The van der Waals surface area contributed by atoms with Gasteiger partial charge in [-0.05, 0) is 29.8 Å². The third-order valence-electron chi connectivity index (χ3n) is 2.81. The van der Waals surface area contributed by atoms with Crippen molar-refractivity contribution in [2.24, 2.45) is 0 Å². The van der Waals surface area contributed by atoms with Crippen molar-refractivity contribution in [1.29, 1.82) is 0 Å². The van der Waals surface area contributed by atoms with Gasteiger partial charge in [0, 0.05) is 6.20 Å². The molecular weight excluding hydrogens is 259 g/mol. The summed E-state index contributed by atoms with van der Waals surface area (Å²) in [4.78, 5) is 15.6. The Balaban J connectivity index is 1.87. The summed E-state index contributed by atoms with van der Waals surface area (Å²) in [6.07, 6.45) is 1.73. The number of carbonyl (C=O) groups excluding carboxylic acids is 1. The molecule has 1 heterocycles. The number of amides is 1. The molecule has 4 nitrogen and oxygen atoms in total. The maximum atomic E-state index is 13.3. The lowest BCUT2D eigenvalue weighted by Crippen LogP contribution is -2.25. The number of nitrogens with one attached hydrogen (secondary N) is 1. The first-order valence-corrected chi connectivity index (χ1v) is 6.18.